The number of rotatable bonds is 22. The van der Waals surface area contributed by atoms with Gasteiger partial charge in [0.05, 0.1) is 12.1 Å². The van der Waals surface area contributed by atoms with Gasteiger partial charge in [0.25, 0.3) is 0 Å². The summed E-state index contributed by atoms with van der Waals surface area (Å²) >= 11 is 0. The molecule has 4 aromatic rings. The summed E-state index contributed by atoms with van der Waals surface area (Å²) in [7, 11) is 0. The normalized spacial score (nSPS) is 12.5. The molecule has 4 aromatic carbocycles. The van der Waals surface area contributed by atoms with Gasteiger partial charge in [-0.1, -0.05) is 116 Å². The van der Waals surface area contributed by atoms with Crippen LogP contribution >= 0.6 is 0 Å². The zero-order valence-electron chi connectivity index (χ0n) is 30.9. The predicted molar refractivity (Wildman–Crippen MR) is 218 cm³/mol. The van der Waals surface area contributed by atoms with E-state index < -0.39 is 18.0 Å². The number of benzene rings is 4. The lowest BCUT2D eigenvalue weighted by Crippen LogP contribution is -2.46. The number of nitrogens with zero attached hydrogens (tertiary/aromatic N) is 2. The summed E-state index contributed by atoms with van der Waals surface area (Å²) in [5, 5.41) is 3.02. The number of ketones is 2. The maximum absolute atomic E-state index is 14.0. The first kappa shape index (κ1) is 41.0. The van der Waals surface area contributed by atoms with Gasteiger partial charge in [0, 0.05) is 31.8 Å². The first-order valence-electron chi connectivity index (χ1n) is 18.6. The Bertz CT molecular complexity index is 1820. The second-order valence-corrected chi connectivity index (χ2v) is 13.6. The van der Waals surface area contributed by atoms with Gasteiger partial charge in [-0.2, -0.15) is 0 Å². The van der Waals surface area contributed by atoms with Crippen LogP contribution in [0.1, 0.15) is 56.1 Å². The van der Waals surface area contributed by atoms with E-state index in [0.29, 0.717) is 45.2 Å². The van der Waals surface area contributed by atoms with Gasteiger partial charge in [-0.15, -0.1) is 0 Å². The number of guanidine groups is 2. The van der Waals surface area contributed by atoms with Gasteiger partial charge >= 0.3 is 0 Å². The highest BCUT2D eigenvalue weighted by Gasteiger charge is 2.29. The molecule has 0 aromatic heterocycles. The van der Waals surface area contributed by atoms with Gasteiger partial charge < -0.3 is 34.0 Å². The molecule has 11 N–H and O–H groups in total. The number of hydrogen-bond acceptors (Lipinski definition) is 6. The van der Waals surface area contributed by atoms with Gasteiger partial charge in [0.15, 0.2) is 23.5 Å². The number of hydrogen-bond donors (Lipinski definition) is 6. The van der Waals surface area contributed by atoms with Crippen molar-refractivity contribution in [2.75, 3.05) is 13.1 Å². The Balaban J connectivity index is 1.46. The topological polar surface area (TPSA) is 218 Å². The Labute approximate surface area is 318 Å². The van der Waals surface area contributed by atoms with E-state index in [0.717, 1.165) is 46.2 Å². The van der Waals surface area contributed by atoms with Crippen LogP contribution in [0.5, 0.6) is 0 Å². The third-order valence-electron chi connectivity index (χ3n) is 9.34. The number of unbranched alkanes of at least 4 members (excludes halogenated alkanes) is 2. The van der Waals surface area contributed by atoms with E-state index in [1.165, 1.54) is 0 Å². The van der Waals surface area contributed by atoms with Crippen molar-refractivity contribution in [3.63, 3.8) is 0 Å². The van der Waals surface area contributed by atoms with Crippen molar-refractivity contribution in [2.45, 2.75) is 69.9 Å². The summed E-state index contributed by atoms with van der Waals surface area (Å²) in [5.41, 5.74) is 34.5. The molecule has 0 saturated carbocycles. The van der Waals surface area contributed by atoms with Crippen molar-refractivity contribution < 1.29 is 14.4 Å². The molecule has 0 saturated heterocycles. The fourth-order valence-electron chi connectivity index (χ4n) is 6.30. The first-order valence-corrected chi connectivity index (χ1v) is 18.6. The van der Waals surface area contributed by atoms with Crippen LogP contribution in [0.25, 0.3) is 22.3 Å². The molecule has 54 heavy (non-hydrogen) atoms. The van der Waals surface area contributed by atoms with E-state index in [4.69, 9.17) is 28.7 Å². The first-order chi connectivity index (χ1) is 26.1. The van der Waals surface area contributed by atoms with E-state index in [2.05, 4.69) is 15.3 Å². The van der Waals surface area contributed by atoms with Gasteiger partial charge in [-0.3, -0.25) is 24.4 Å². The maximum atomic E-state index is 14.0. The minimum absolute atomic E-state index is 0.0388. The minimum atomic E-state index is -0.805. The minimum Gasteiger partial charge on any atom is -0.370 e. The zero-order valence-corrected chi connectivity index (χ0v) is 30.9. The Hall–Kier alpha value is -5.81. The van der Waals surface area contributed by atoms with Gasteiger partial charge in [0.2, 0.25) is 5.91 Å². The molecule has 0 aliphatic rings. The van der Waals surface area contributed by atoms with Gasteiger partial charge in [-0.05, 0) is 71.9 Å². The van der Waals surface area contributed by atoms with E-state index >= 15 is 0 Å². The second-order valence-electron chi connectivity index (χ2n) is 13.6. The molecule has 0 radical (unpaired) electrons. The lowest BCUT2D eigenvalue weighted by Gasteiger charge is -2.23. The molecule has 0 heterocycles. The van der Waals surface area contributed by atoms with Crippen molar-refractivity contribution in [3.05, 3.63) is 120 Å². The fraction of sp³-hybridized carbons (Fsp3) is 0.326. The fourth-order valence-corrected chi connectivity index (χ4v) is 6.30. The van der Waals surface area contributed by atoms with Gasteiger partial charge in [-0.25, -0.2) is 0 Å². The summed E-state index contributed by atoms with van der Waals surface area (Å²) in [5.74, 6) is -1.43. The molecule has 11 nitrogen and oxygen atoms in total. The molecule has 0 unspecified atom stereocenters. The summed E-state index contributed by atoms with van der Waals surface area (Å²) < 4.78 is 0. The number of nitrogens with one attached hydrogen (secondary N) is 1. The zero-order chi connectivity index (χ0) is 38.7. The molecule has 1 amide bonds. The second kappa shape index (κ2) is 21.7. The molecular formula is C43H54N8O3. The molecule has 284 valence electrons. The van der Waals surface area contributed by atoms with E-state index in [9.17, 15) is 14.4 Å². The number of aliphatic imine (C=N–C) groups is 2. The molecular weight excluding hydrogens is 677 g/mol. The Morgan fingerprint density at radius 1 is 0.556 bits per heavy atom. The van der Waals surface area contributed by atoms with Crippen molar-refractivity contribution in [1.29, 1.82) is 0 Å². The average Bonchev–Trinajstić information content (AvgIpc) is 3.18. The Kier molecular flexibility index (Phi) is 16.4. The summed E-state index contributed by atoms with van der Waals surface area (Å²) in [6, 6.07) is 34.4. The van der Waals surface area contributed by atoms with Crippen LogP contribution in [0.4, 0.5) is 0 Å². The highest BCUT2D eigenvalue weighted by molar-refractivity contribution is 5.93. The largest absolute Gasteiger partial charge is 0.370 e. The highest BCUT2D eigenvalue weighted by atomic mass is 16.2. The van der Waals surface area contributed by atoms with Crippen LogP contribution in [0.2, 0.25) is 0 Å². The highest BCUT2D eigenvalue weighted by Crippen LogP contribution is 2.22. The maximum Gasteiger partial charge on any atom is 0.224 e. The SMILES string of the molecule is NC(N)=NCCCCCC(=O)[C@H](Cc1ccc(-c2ccccc2)cc1)NC(=O)[C@H](CCCN=C(N)N)CC(=O)[C@@H](N)Cc1ccc(-c2ccccc2)cc1. The molecule has 0 fully saturated rings. The summed E-state index contributed by atoms with van der Waals surface area (Å²) in [6.45, 7) is 0.789. The van der Waals surface area contributed by atoms with Crippen LogP contribution in [0.15, 0.2) is 119 Å². The van der Waals surface area contributed by atoms with Gasteiger partial charge in [0.1, 0.15) is 0 Å². The molecule has 0 spiro atoms. The molecule has 0 aliphatic heterocycles. The van der Waals surface area contributed by atoms with Crippen LogP contribution in [-0.4, -0.2) is 54.6 Å². The third kappa shape index (κ3) is 14.0. The number of carbonyl (C=O) groups excluding carboxylic acids is 3. The summed E-state index contributed by atoms with van der Waals surface area (Å²) in [6.07, 6.45) is 3.76. The number of amides is 1. The third-order valence-corrected chi connectivity index (χ3v) is 9.34. The quantitative estimate of drug-likeness (QED) is 0.0379. The van der Waals surface area contributed by atoms with Crippen molar-refractivity contribution in [1.82, 2.24) is 5.32 Å². The van der Waals surface area contributed by atoms with E-state index in [1.54, 1.807) is 0 Å². The monoisotopic (exact) mass is 730 g/mol. The Morgan fingerprint density at radius 3 is 1.56 bits per heavy atom. The molecule has 0 aliphatic carbocycles. The lowest BCUT2D eigenvalue weighted by atomic mass is 9.90. The molecule has 11 heteroatoms. The van der Waals surface area contributed by atoms with Crippen molar-refractivity contribution >= 4 is 29.4 Å². The number of nitrogens with two attached hydrogens (primary N) is 5. The molecule has 4 rings (SSSR count). The van der Waals surface area contributed by atoms with E-state index in [1.807, 2.05) is 109 Å². The van der Waals surface area contributed by atoms with Crippen LogP contribution < -0.4 is 34.0 Å². The number of Topliss-reactive ketones (excluding diaryl/α,β-unsaturated/α-hetero) is 2. The standard InChI is InChI=1S/C43H54N8O3/c44-37(27-30-17-21-34(22-18-30)32-11-4-1-5-12-32)40(53)29-36(15-10-26-50-43(47)48)41(54)51-38(39(52)16-8-3-9-25-49-42(45)46)28-31-19-23-35(24-20-31)33-13-6-2-7-14-33/h1-2,4-7,11-14,17-24,36-38H,3,8-10,15-16,25-29,44H2,(H,51,54)(H4,45,46,49)(H4,47,48,50)/t36-,37+,38+/m1/s1. The lowest BCUT2D eigenvalue weighted by molar-refractivity contribution is -0.133. The summed E-state index contributed by atoms with van der Waals surface area (Å²) in [4.78, 5) is 49.3. The van der Waals surface area contributed by atoms with Crippen LogP contribution in [-0.2, 0) is 27.2 Å². The van der Waals surface area contributed by atoms with E-state index in [-0.39, 0.29) is 42.2 Å². The molecule has 3 atom stereocenters. The van der Waals surface area contributed by atoms with Crippen molar-refractivity contribution in [2.24, 2.45) is 44.6 Å². The molecule has 0 bridgehead atoms. The predicted octanol–water partition coefficient (Wildman–Crippen LogP) is 4.65. The average molecular weight is 731 g/mol. The number of carbonyl (C=O) groups is 3. The van der Waals surface area contributed by atoms with Crippen LogP contribution in [0, 0.1) is 5.92 Å². The smallest absolute Gasteiger partial charge is 0.224 e. The van der Waals surface area contributed by atoms with Crippen molar-refractivity contribution in [3.8, 4) is 22.3 Å². The van der Waals surface area contributed by atoms with Crippen LogP contribution in [0.3, 0.4) is 0 Å². The Morgan fingerprint density at radius 2 is 1.04 bits per heavy atom.